The third kappa shape index (κ3) is 13.7. The van der Waals surface area contributed by atoms with E-state index in [4.69, 9.17) is 26.7 Å². The lowest BCUT2D eigenvalue weighted by atomic mass is 10.1. The first-order valence-corrected chi connectivity index (χ1v) is 9.29. The maximum absolute atomic E-state index is 12.2. The van der Waals surface area contributed by atoms with Crippen LogP contribution < -0.4 is 38.5 Å². The van der Waals surface area contributed by atoms with Crippen LogP contribution in [0, 0.1) is 0 Å². The van der Waals surface area contributed by atoms with Gasteiger partial charge in [0.1, 0.15) is 18.7 Å². The molecule has 0 aliphatic heterocycles. The van der Waals surface area contributed by atoms with Gasteiger partial charge >= 0.3 is 12.1 Å². The Labute approximate surface area is 182 Å². The average molecular weight is 463 g/mol. The lowest BCUT2D eigenvalue weighted by molar-refractivity contribution is -0.126. The molecule has 0 rings (SSSR count). The molecule has 0 heterocycles. The number of aliphatic hydroxyl groups is 1. The van der Waals surface area contributed by atoms with E-state index in [9.17, 15) is 33.9 Å². The minimum Gasteiger partial charge on any atom is -0.391 e. The summed E-state index contributed by atoms with van der Waals surface area (Å²) in [7, 11) is 0. The number of rotatable bonds is 15. The smallest absolute Gasteiger partial charge is 0.318 e. The van der Waals surface area contributed by atoms with E-state index in [1.165, 1.54) is 6.92 Å². The number of imide groups is 1. The minimum atomic E-state index is -1.39. The molecule has 0 aliphatic carbocycles. The van der Waals surface area contributed by atoms with Gasteiger partial charge < -0.3 is 47.7 Å². The van der Waals surface area contributed by atoms with Crippen molar-refractivity contribution in [3.8, 4) is 0 Å². The molecule has 32 heavy (non-hydrogen) atoms. The number of nitrogens with two attached hydrogens (primary N) is 3. The molecule has 16 nitrogen and oxygen atoms in total. The Morgan fingerprint density at radius 3 is 2.09 bits per heavy atom. The zero-order valence-electron chi connectivity index (χ0n) is 17.4. The van der Waals surface area contributed by atoms with Gasteiger partial charge in [0.15, 0.2) is 0 Å². The number of urea groups is 2. The zero-order chi connectivity index (χ0) is 24.7. The average Bonchev–Trinajstić information content (AvgIpc) is 2.66. The standard InChI is InChI=1S/C16H29N7O9/c1-8(24)12(23-16(30)21-9(13(18)27)6-10(17)25)14(28)20-2-3-31-4-5-32-7-11(26)22-15(19)29/h8-9,12,24H,2-7H2,1H3,(H2,17,25)(H2,18,27)(H,20,28)(H2,21,23,30)(H3,19,22,26,29). The molecule has 182 valence electrons. The third-order valence-corrected chi connectivity index (χ3v) is 3.52. The van der Waals surface area contributed by atoms with Crippen molar-refractivity contribution in [1.82, 2.24) is 21.3 Å². The summed E-state index contributed by atoms with van der Waals surface area (Å²) >= 11 is 0. The van der Waals surface area contributed by atoms with Gasteiger partial charge in [-0.2, -0.15) is 0 Å². The molecule has 0 aliphatic rings. The predicted molar refractivity (Wildman–Crippen MR) is 106 cm³/mol. The van der Waals surface area contributed by atoms with Crippen LogP contribution in [0.25, 0.3) is 0 Å². The molecule has 0 aromatic rings. The van der Waals surface area contributed by atoms with Crippen LogP contribution in [0.15, 0.2) is 0 Å². The van der Waals surface area contributed by atoms with Crippen molar-refractivity contribution >= 4 is 35.7 Å². The van der Waals surface area contributed by atoms with Gasteiger partial charge in [-0.05, 0) is 6.92 Å². The molecule has 0 aromatic carbocycles. The highest BCUT2D eigenvalue weighted by molar-refractivity contribution is 5.94. The van der Waals surface area contributed by atoms with Crippen molar-refractivity contribution in [2.24, 2.45) is 17.2 Å². The summed E-state index contributed by atoms with van der Waals surface area (Å²) in [6.45, 7) is 1.03. The van der Waals surface area contributed by atoms with E-state index in [0.29, 0.717) is 0 Å². The lowest BCUT2D eigenvalue weighted by Gasteiger charge is -2.22. The van der Waals surface area contributed by atoms with E-state index in [-0.39, 0.29) is 33.0 Å². The summed E-state index contributed by atoms with van der Waals surface area (Å²) in [6, 6.07) is -4.79. The number of carbonyl (C=O) groups excluding carboxylic acids is 6. The van der Waals surface area contributed by atoms with Gasteiger partial charge in [0.2, 0.25) is 17.7 Å². The van der Waals surface area contributed by atoms with Gasteiger partial charge in [0.25, 0.3) is 5.91 Å². The maximum atomic E-state index is 12.2. The summed E-state index contributed by atoms with van der Waals surface area (Å²) in [5.74, 6) is -3.34. The molecule has 0 aromatic heterocycles. The second-order valence-electron chi connectivity index (χ2n) is 6.33. The first-order chi connectivity index (χ1) is 14.9. The maximum Gasteiger partial charge on any atom is 0.318 e. The molecule has 0 saturated carbocycles. The largest absolute Gasteiger partial charge is 0.391 e. The van der Waals surface area contributed by atoms with Gasteiger partial charge in [-0.25, -0.2) is 9.59 Å². The van der Waals surface area contributed by atoms with Crippen molar-refractivity contribution in [1.29, 1.82) is 0 Å². The minimum absolute atomic E-state index is 0.0130. The highest BCUT2D eigenvalue weighted by Crippen LogP contribution is 1.96. The zero-order valence-corrected chi connectivity index (χ0v) is 17.4. The van der Waals surface area contributed by atoms with Crippen molar-refractivity contribution in [2.45, 2.75) is 31.5 Å². The topological polar surface area (TPSA) is 267 Å². The molecule has 0 spiro atoms. The first-order valence-electron chi connectivity index (χ1n) is 9.29. The number of primary amides is 3. The van der Waals surface area contributed by atoms with Gasteiger partial charge in [0.05, 0.1) is 32.3 Å². The Kier molecular flexibility index (Phi) is 13.6. The number of hydrogen-bond donors (Lipinski definition) is 8. The second-order valence-corrected chi connectivity index (χ2v) is 6.33. The van der Waals surface area contributed by atoms with Gasteiger partial charge in [-0.1, -0.05) is 0 Å². The summed E-state index contributed by atoms with van der Waals surface area (Å²) in [5.41, 5.74) is 14.8. The molecule has 8 amide bonds. The summed E-state index contributed by atoms with van der Waals surface area (Å²) < 4.78 is 10.1. The van der Waals surface area contributed by atoms with Crippen LogP contribution in [0.2, 0.25) is 0 Å². The van der Waals surface area contributed by atoms with E-state index in [1.807, 2.05) is 5.32 Å². The van der Waals surface area contributed by atoms with Crippen LogP contribution in [-0.2, 0) is 28.7 Å². The molecule has 0 fully saturated rings. The van der Waals surface area contributed by atoms with Crippen LogP contribution in [-0.4, -0.2) is 92.0 Å². The molecular formula is C16H29N7O9. The molecule has 0 bridgehead atoms. The summed E-state index contributed by atoms with van der Waals surface area (Å²) in [5, 5.41) is 18.2. The monoisotopic (exact) mass is 463 g/mol. The summed E-state index contributed by atoms with van der Waals surface area (Å²) in [4.78, 5) is 67.8. The fourth-order valence-electron chi connectivity index (χ4n) is 2.08. The molecule has 11 N–H and O–H groups in total. The van der Waals surface area contributed by atoms with Crippen molar-refractivity contribution in [3.63, 3.8) is 0 Å². The Morgan fingerprint density at radius 1 is 0.938 bits per heavy atom. The molecule has 3 unspecified atom stereocenters. The quantitative estimate of drug-likeness (QED) is 0.108. The second kappa shape index (κ2) is 15.3. The highest BCUT2D eigenvalue weighted by Gasteiger charge is 2.27. The van der Waals surface area contributed by atoms with Crippen LogP contribution in [0.3, 0.4) is 0 Å². The fraction of sp³-hybridized carbons (Fsp3) is 0.625. The molecule has 0 saturated heterocycles. The third-order valence-electron chi connectivity index (χ3n) is 3.52. The molecule has 0 radical (unpaired) electrons. The van der Waals surface area contributed by atoms with E-state index >= 15 is 0 Å². The molecule has 3 atom stereocenters. The van der Waals surface area contributed by atoms with E-state index in [0.717, 1.165) is 0 Å². The highest BCUT2D eigenvalue weighted by atomic mass is 16.5. The fourth-order valence-corrected chi connectivity index (χ4v) is 2.08. The Balaban J connectivity index is 4.26. The Morgan fingerprint density at radius 2 is 1.56 bits per heavy atom. The van der Waals surface area contributed by atoms with E-state index in [1.54, 1.807) is 0 Å². The van der Waals surface area contributed by atoms with Crippen LogP contribution in [0.5, 0.6) is 0 Å². The van der Waals surface area contributed by atoms with Gasteiger partial charge in [-0.15, -0.1) is 0 Å². The van der Waals surface area contributed by atoms with Crippen molar-refractivity contribution in [3.05, 3.63) is 0 Å². The summed E-state index contributed by atoms with van der Waals surface area (Å²) in [6.07, 6.45) is -1.84. The number of nitrogens with one attached hydrogen (secondary N) is 4. The normalized spacial score (nSPS) is 13.2. The Hall–Kier alpha value is -3.50. The van der Waals surface area contributed by atoms with Crippen LogP contribution in [0.1, 0.15) is 13.3 Å². The SMILES string of the molecule is CC(O)C(NC(=O)NC(CC(N)=O)C(N)=O)C(=O)NCCOCCOCC(=O)NC(N)=O. The number of hydrogen-bond acceptors (Lipinski definition) is 9. The van der Waals surface area contributed by atoms with Gasteiger partial charge in [-0.3, -0.25) is 24.5 Å². The van der Waals surface area contributed by atoms with Crippen molar-refractivity contribution in [2.75, 3.05) is 33.0 Å². The van der Waals surface area contributed by atoms with Crippen LogP contribution in [0.4, 0.5) is 9.59 Å². The van der Waals surface area contributed by atoms with Crippen LogP contribution >= 0.6 is 0 Å². The van der Waals surface area contributed by atoms with Crippen molar-refractivity contribution < 1.29 is 43.3 Å². The Bertz CT molecular complexity index is 687. The molecule has 16 heteroatoms. The number of carbonyl (C=O) groups is 6. The van der Waals surface area contributed by atoms with E-state index in [2.05, 4.69) is 16.0 Å². The lowest BCUT2D eigenvalue weighted by Crippen LogP contribution is -2.58. The van der Waals surface area contributed by atoms with Gasteiger partial charge in [0, 0.05) is 6.54 Å². The number of ether oxygens (including phenoxy) is 2. The van der Waals surface area contributed by atoms with E-state index < -0.39 is 60.3 Å². The predicted octanol–water partition coefficient (Wildman–Crippen LogP) is -4.89. The number of aliphatic hydroxyl groups excluding tert-OH is 1. The first kappa shape index (κ1) is 28.5. The number of amides is 8. The molecular weight excluding hydrogens is 434 g/mol.